The third kappa shape index (κ3) is 2.54. The van der Waals surface area contributed by atoms with E-state index in [2.05, 4.69) is 4.99 Å². The van der Waals surface area contributed by atoms with Gasteiger partial charge in [0.2, 0.25) is 5.88 Å². The summed E-state index contributed by atoms with van der Waals surface area (Å²) in [6.07, 6.45) is 1.24. The third-order valence-corrected chi connectivity index (χ3v) is 3.15. The number of aromatic hydroxyl groups is 1. The smallest absolute Gasteiger partial charge is 0.271 e. The van der Waals surface area contributed by atoms with Crippen molar-refractivity contribution in [2.75, 3.05) is 0 Å². The third-order valence-electron chi connectivity index (χ3n) is 3.15. The summed E-state index contributed by atoms with van der Waals surface area (Å²) in [5.74, 6) is -0.826. The van der Waals surface area contributed by atoms with Crippen molar-refractivity contribution in [3.8, 4) is 11.9 Å². The molecule has 1 N–H and O–H groups in total. The van der Waals surface area contributed by atoms with Gasteiger partial charge in [0.15, 0.2) is 0 Å². The Kier molecular flexibility index (Phi) is 3.85. The molecular formula is C15H12FN3O2. The van der Waals surface area contributed by atoms with Gasteiger partial charge in [0.05, 0.1) is 11.3 Å². The summed E-state index contributed by atoms with van der Waals surface area (Å²) in [6, 6.07) is 7.71. The molecule has 0 saturated heterocycles. The van der Waals surface area contributed by atoms with E-state index >= 15 is 0 Å². The topological polar surface area (TPSA) is 78.4 Å². The van der Waals surface area contributed by atoms with Crippen LogP contribution in [0.15, 0.2) is 34.1 Å². The molecule has 0 aliphatic heterocycles. The molecule has 0 bridgehead atoms. The van der Waals surface area contributed by atoms with Gasteiger partial charge in [-0.3, -0.25) is 14.4 Å². The predicted molar refractivity (Wildman–Crippen MR) is 76.5 cm³/mol. The van der Waals surface area contributed by atoms with E-state index in [0.29, 0.717) is 5.56 Å². The Balaban J connectivity index is 2.61. The number of benzene rings is 1. The summed E-state index contributed by atoms with van der Waals surface area (Å²) in [5.41, 5.74) is -0.0559. The lowest BCUT2D eigenvalue weighted by Crippen LogP contribution is -2.22. The fraction of sp³-hybridized carbons (Fsp3) is 0.133. The lowest BCUT2D eigenvalue weighted by atomic mass is 10.1. The minimum absolute atomic E-state index is 0.0784. The second-order valence-electron chi connectivity index (χ2n) is 4.42. The monoisotopic (exact) mass is 285 g/mol. The molecule has 0 radical (unpaired) electrons. The van der Waals surface area contributed by atoms with Crippen molar-refractivity contribution >= 4 is 11.9 Å². The molecular weight excluding hydrogens is 273 g/mol. The van der Waals surface area contributed by atoms with Crippen LogP contribution in [0.25, 0.3) is 0 Å². The second-order valence-corrected chi connectivity index (χ2v) is 4.42. The van der Waals surface area contributed by atoms with Crippen LogP contribution in [0.4, 0.5) is 10.1 Å². The molecule has 0 atom stereocenters. The van der Waals surface area contributed by atoms with E-state index in [9.17, 15) is 14.3 Å². The molecule has 0 amide bonds. The largest absolute Gasteiger partial charge is 0.494 e. The van der Waals surface area contributed by atoms with E-state index in [1.807, 2.05) is 0 Å². The van der Waals surface area contributed by atoms with E-state index in [4.69, 9.17) is 5.26 Å². The van der Waals surface area contributed by atoms with E-state index in [-0.39, 0.29) is 22.7 Å². The summed E-state index contributed by atoms with van der Waals surface area (Å²) in [7, 11) is 1.35. The van der Waals surface area contributed by atoms with Crippen LogP contribution >= 0.6 is 0 Å². The van der Waals surface area contributed by atoms with E-state index in [1.54, 1.807) is 12.1 Å². The molecule has 0 saturated carbocycles. The van der Waals surface area contributed by atoms with Gasteiger partial charge in [0.25, 0.3) is 5.56 Å². The average Bonchev–Trinajstić information content (AvgIpc) is 2.47. The standard InChI is InChI=1S/C15H12FN3O2/c1-9-10(7-17)14(20)19(2)15(21)11(9)8-18-13-6-4-3-5-12(13)16/h3-6,8,21H,1-2H3. The summed E-state index contributed by atoms with van der Waals surface area (Å²) in [4.78, 5) is 15.8. The summed E-state index contributed by atoms with van der Waals surface area (Å²) >= 11 is 0. The van der Waals surface area contributed by atoms with Crippen molar-refractivity contribution in [1.29, 1.82) is 5.26 Å². The van der Waals surface area contributed by atoms with E-state index in [1.165, 1.54) is 38.4 Å². The van der Waals surface area contributed by atoms with Gasteiger partial charge in [0, 0.05) is 13.3 Å². The molecule has 106 valence electrons. The van der Waals surface area contributed by atoms with Crippen LogP contribution in [-0.4, -0.2) is 15.9 Å². The summed E-state index contributed by atoms with van der Waals surface area (Å²) < 4.78 is 14.5. The zero-order chi connectivity index (χ0) is 15.6. The normalized spacial score (nSPS) is 10.8. The second kappa shape index (κ2) is 5.59. The Labute approximate surface area is 120 Å². The molecule has 0 fully saturated rings. The molecule has 5 nitrogen and oxygen atoms in total. The van der Waals surface area contributed by atoms with Crippen LogP contribution < -0.4 is 5.56 Å². The van der Waals surface area contributed by atoms with Crippen molar-refractivity contribution in [3.05, 3.63) is 57.1 Å². The van der Waals surface area contributed by atoms with Gasteiger partial charge in [-0.1, -0.05) is 12.1 Å². The fourth-order valence-corrected chi connectivity index (χ4v) is 1.88. The first-order valence-corrected chi connectivity index (χ1v) is 6.08. The number of pyridine rings is 1. The molecule has 6 heteroatoms. The number of halogens is 1. The lowest BCUT2D eigenvalue weighted by Gasteiger charge is -2.09. The maximum Gasteiger partial charge on any atom is 0.271 e. The highest BCUT2D eigenvalue weighted by atomic mass is 19.1. The van der Waals surface area contributed by atoms with Gasteiger partial charge < -0.3 is 5.11 Å². The quantitative estimate of drug-likeness (QED) is 0.859. The Morgan fingerprint density at radius 1 is 1.43 bits per heavy atom. The van der Waals surface area contributed by atoms with Crippen molar-refractivity contribution in [2.45, 2.75) is 6.92 Å². The molecule has 2 rings (SSSR count). The maximum atomic E-state index is 13.5. The Hall–Kier alpha value is -2.94. The van der Waals surface area contributed by atoms with Crippen LogP contribution in [0.2, 0.25) is 0 Å². The maximum absolute atomic E-state index is 13.5. The number of aliphatic imine (C=N–C) groups is 1. The Morgan fingerprint density at radius 2 is 2.10 bits per heavy atom. The number of aromatic nitrogens is 1. The number of nitrogens with zero attached hydrogens (tertiary/aromatic N) is 3. The van der Waals surface area contributed by atoms with Crippen molar-refractivity contribution in [3.63, 3.8) is 0 Å². The van der Waals surface area contributed by atoms with Gasteiger partial charge in [-0.05, 0) is 24.6 Å². The molecule has 0 spiro atoms. The molecule has 0 unspecified atom stereocenters. The Bertz CT molecular complexity index is 832. The number of rotatable bonds is 2. The lowest BCUT2D eigenvalue weighted by molar-refractivity contribution is 0.421. The van der Waals surface area contributed by atoms with Gasteiger partial charge in [-0.15, -0.1) is 0 Å². The van der Waals surface area contributed by atoms with Crippen LogP contribution in [0.3, 0.4) is 0 Å². The first-order chi connectivity index (χ1) is 9.97. The highest BCUT2D eigenvalue weighted by Gasteiger charge is 2.15. The molecule has 2 aromatic rings. The highest BCUT2D eigenvalue weighted by Crippen LogP contribution is 2.21. The summed E-state index contributed by atoms with van der Waals surface area (Å²) in [6.45, 7) is 1.53. The van der Waals surface area contributed by atoms with Gasteiger partial charge in [0.1, 0.15) is 17.4 Å². The van der Waals surface area contributed by atoms with Crippen molar-refractivity contribution in [2.24, 2.45) is 12.0 Å². The van der Waals surface area contributed by atoms with Crippen LogP contribution in [0.1, 0.15) is 16.7 Å². The molecule has 1 aromatic carbocycles. The molecule has 1 aromatic heterocycles. The van der Waals surface area contributed by atoms with Crippen LogP contribution in [0.5, 0.6) is 5.88 Å². The average molecular weight is 285 g/mol. The first-order valence-electron chi connectivity index (χ1n) is 6.08. The fourth-order valence-electron chi connectivity index (χ4n) is 1.88. The van der Waals surface area contributed by atoms with E-state index < -0.39 is 11.4 Å². The highest BCUT2D eigenvalue weighted by molar-refractivity contribution is 5.87. The summed E-state index contributed by atoms with van der Waals surface area (Å²) in [5, 5.41) is 19.0. The number of nitriles is 1. The zero-order valence-corrected chi connectivity index (χ0v) is 11.5. The van der Waals surface area contributed by atoms with Gasteiger partial charge >= 0.3 is 0 Å². The minimum atomic E-state index is -0.587. The number of para-hydroxylation sites is 1. The first kappa shape index (κ1) is 14.5. The SMILES string of the molecule is Cc1c(C=Nc2ccccc2F)c(O)n(C)c(=O)c1C#N. The Morgan fingerprint density at radius 3 is 2.71 bits per heavy atom. The van der Waals surface area contributed by atoms with Crippen LogP contribution in [0, 0.1) is 24.1 Å². The van der Waals surface area contributed by atoms with Gasteiger partial charge in [-0.25, -0.2) is 4.39 Å². The van der Waals surface area contributed by atoms with Crippen LogP contribution in [-0.2, 0) is 7.05 Å². The number of hydrogen-bond donors (Lipinski definition) is 1. The molecule has 21 heavy (non-hydrogen) atoms. The van der Waals surface area contributed by atoms with Crippen molar-refractivity contribution in [1.82, 2.24) is 4.57 Å². The molecule has 0 aliphatic carbocycles. The van der Waals surface area contributed by atoms with Gasteiger partial charge in [-0.2, -0.15) is 5.26 Å². The van der Waals surface area contributed by atoms with Crippen molar-refractivity contribution < 1.29 is 9.50 Å². The zero-order valence-electron chi connectivity index (χ0n) is 11.5. The number of hydrogen-bond acceptors (Lipinski definition) is 4. The molecule has 0 aliphatic rings. The molecule has 1 heterocycles. The predicted octanol–water partition coefficient (Wildman–Crippen LogP) is 2.16. The minimum Gasteiger partial charge on any atom is -0.494 e. The van der Waals surface area contributed by atoms with E-state index in [0.717, 1.165) is 4.57 Å².